The summed E-state index contributed by atoms with van der Waals surface area (Å²) in [5, 5.41) is 0. The van der Waals surface area contributed by atoms with E-state index in [0.29, 0.717) is 12.0 Å². The number of hydrogen-bond donors (Lipinski definition) is 1. The summed E-state index contributed by atoms with van der Waals surface area (Å²) in [5.74, 6) is -0.868. The largest absolute Gasteiger partial charge is 0.321 e. The minimum absolute atomic E-state index is 0.0877. The highest BCUT2D eigenvalue weighted by atomic mass is 19.1. The molecule has 0 aliphatic heterocycles. The lowest BCUT2D eigenvalue weighted by atomic mass is 9.70. The molecule has 2 unspecified atom stereocenters. The third-order valence-electron chi connectivity index (χ3n) is 4.11. The van der Waals surface area contributed by atoms with E-state index in [1.165, 1.54) is 12.1 Å². The summed E-state index contributed by atoms with van der Waals surface area (Å²) in [7, 11) is 0. The quantitative estimate of drug-likeness (QED) is 0.795. The molecular weight excluding hydrogens is 220 g/mol. The topological polar surface area (TPSA) is 26.0 Å². The number of aryl methyl sites for hydroxylation is 1. The van der Waals surface area contributed by atoms with Crippen LogP contribution in [0.15, 0.2) is 12.1 Å². The van der Waals surface area contributed by atoms with Crippen LogP contribution in [-0.2, 0) is 5.54 Å². The van der Waals surface area contributed by atoms with Crippen molar-refractivity contribution in [3.63, 3.8) is 0 Å². The maximum Gasteiger partial charge on any atom is 0.134 e. The lowest BCUT2D eigenvalue weighted by molar-refractivity contribution is 0.194. The van der Waals surface area contributed by atoms with Gasteiger partial charge in [-0.3, -0.25) is 0 Å². The van der Waals surface area contributed by atoms with Crippen molar-refractivity contribution in [3.05, 3.63) is 34.9 Å². The number of hydrogen-bond acceptors (Lipinski definition) is 1. The molecule has 0 bridgehead atoms. The smallest absolute Gasteiger partial charge is 0.134 e. The second-order valence-corrected chi connectivity index (χ2v) is 5.24. The first kappa shape index (κ1) is 12.5. The van der Waals surface area contributed by atoms with Gasteiger partial charge in [-0.2, -0.15) is 0 Å². The van der Waals surface area contributed by atoms with Crippen LogP contribution in [0, 0.1) is 24.5 Å². The molecule has 2 atom stereocenters. The van der Waals surface area contributed by atoms with Crippen LogP contribution in [-0.4, -0.2) is 0 Å². The average Bonchev–Trinajstić information content (AvgIpc) is 2.28. The lowest BCUT2D eigenvalue weighted by Gasteiger charge is -2.40. The van der Waals surface area contributed by atoms with Crippen molar-refractivity contribution >= 4 is 0 Å². The van der Waals surface area contributed by atoms with Gasteiger partial charge in [-0.05, 0) is 37.3 Å². The molecule has 1 aliphatic rings. The fourth-order valence-corrected chi connectivity index (χ4v) is 2.83. The van der Waals surface area contributed by atoms with E-state index in [1.807, 2.05) is 6.92 Å². The number of rotatable bonds is 1. The molecule has 1 nitrogen and oxygen atoms in total. The van der Waals surface area contributed by atoms with Crippen LogP contribution in [0.25, 0.3) is 0 Å². The summed E-state index contributed by atoms with van der Waals surface area (Å²) in [4.78, 5) is 0. The first-order valence-corrected chi connectivity index (χ1v) is 6.21. The lowest BCUT2D eigenvalue weighted by Crippen LogP contribution is -2.46. The standard InChI is InChI=1S/C14H19F2N/c1-9-6-7-11(15)12(13(9)16)14(17)8-4-3-5-10(14)2/h6-7,10H,3-5,8,17H2,1-2H3. The normalized spacial score (nSPS) is 29.4. The molecular formula is C14H19F2N. The summed E-state index contributed by atoms with van der Waals surface area (Å²) in [6, 6.07) is 2.79. The molecule has 0 heterocycles. The third kappa shape index (κ3) is 1.97. The minimum atomic E-state index is -0.849. The summed E-state index contributed by atoms with van der Waals surface area (Å²) in [5.41, 5.74) is 6.02. The highest BCUT2D eigenvalue weighted by molar-refractivity contribution is 5.33. The maximum atomic E-state index is 14.1. The summed E-state index contributed by atoms with van der Waals surface area (Å²) in [6.07, 6.45) is 3.62. The van der Waals surface area contributed by atoms with E-state index < -0.39 is 17.2 Å². The zero-order valence-corrected chi connectivity index (χ0v) is 10.4. The summed E-state index contributed by atoms with van der Waals surface area (Å²) < 4.78 is 28.1. The SMILES string of the molecule is Cc1ccc(F)c(C2(N)CCCCC2C)c1F. The predicted molar refractivity (Wildman–Crippen MR) is 64.6 cm³/mol. The van der Waals surface area contributed by atoms with E-state index in [1.54, 1.807) is 6.92 Å². The predicted octanol–water partition coefficient (Wildman–Crippen LogP) is 3.64. The Balaban J connectivity index is 2.55. The van der Waals surface area contributed by atoms with Crippen LogP contribution < -0.4 is 5.73 Å². The first-order chi connectivity index (χ1) is 7.97. The fourth-order valence-electron chi connectivity index (χ4n) is 2.83. The van der Waals surface area contributed by atoms with Gasteiger partial charge < -0.3 is 5.73 Å². The van der Waals surface area contributed by atoms with Gasteiger partial charge in [-0.1, -0.05) is 25.8 Å². The Kier molecular flexibility index (Phi) is 3.21. The third-order valence-corrected chi connectivity index (χ3v) is 4.11. The van der Waals surface area contributed by atoms with Crippen LogP contribution in [0.1, 0.15) is 43.7 Å². The van der Waals surface area contributed by atoms with E-state index in [4.69, 9.17) is 5.73 Å². The highest BCUT2D eigenvalue weighted by Crippen LogP contribution is 2.41. The Hall–Kier alpha value is -0.960. The summed E-state index contributed by atoms with van der Waals surface area (Å²) >= 11 is 0. The molecule has 0 radical (unpaired) electrons. The van der Waals surface area contributed by atoms with Crippen molar-refractivity contribution in [2.75, 3.05) is 0 Å². The zero-order valence-electron chi connectivity index (χ0n) is 10.4. The Morgan fingerprint density at radius 3 is 2.65 bits per heavy atom. The van der Waals surface area contributed by atoms with Gasteiger partial charge in [0.15, 0.2) is 0 Å². The van der Waals surface area contributed by atoms with Crippen molar-refractivity contribution in [2.24, 2.45) is 11.7 Å². The van der Waals surface area contributed by atoms with Crippen LogP contribution in [0.3, 0.4) is 0 Å². The highest BCUT2D eigenvalue weighted by Gasteiger charge is 2.40. The van der Waals surface area contributed by atoms with Crippen molar-refractivity contribution in [3.8, 4) is 0 Å². The maximum absolute atomic E-state index is 14.1. The average molecular weight is 239 g/mol. The Morgan fingerprint density at radius 2 is 2.00 bits per heavy atom. The molecule has 1 aromatic rings. The van der Waals surface area contributed by atoms with Crippen molar-refractivity contribution in [1.82, 2.24) is 0 Å². The number of benzene rings is 1. The molecule has 0 aromatic heterocycles. The van der Waals surface area contributed by atoms with Crippen LogP contribution in [0.5, 0.6) is 0 Å². The molecule has 0 spiro atoms. The van der Waals surface area contributed by atoms with E-state index in [9.17, 15) is 8.78 Å². The second-order valence-electron chi connectivity index (χ2n) is 5.24. The van der Waals surface area contributed by atoms with Crippen LogP contribution in [0.4, 0.5) is 8.78 Å². The van der Waals surface area contributed by atoms with Crippen molar-refractivity contribution < 1.29 is 8.78 Å². The monoisotopic (exact) mass is 239 g/mol. The molecule has 1 aromatic carbocycles. The Bertz CT molecular complexity index is 430. The van der Waals surface area contributed by atoms with Gasteiger partial charge in [0.2, 0.25) is 0 Å². The van der Waals surface area contributed by atoms with Crippen molar-refractivity contribution in [2.45, 2.75) is 45.1 Å². The van der Waals surface area contributed by atoms with E-state index in [-0.39, 0.29) is 11.5 Å². The molecule has 2 rings (SSSR count). The second kappa shape index (κ2) is 4.37. The van der Waals surface area contributed by atoms with Crippen molar-refractivity contribution in [1.29, 1.82) is 0 Å². The summed E-state index contributed by atoms with van der Waals surface area (Å²) in [6.45, 7) is 3.63. The molecule has 1 fully saturated rings. The van der Waals surface area contributed by atoms with E-state index in [2.05, 4.69) is 0 Å². The molecule has 17 heavy (non-hydrogen) atoms. The number of nitrogens with two attached hydrogens (primary N) is 1. The molecule has 1 aliphatic carbocycles. The molecule has 3 heteroatoms. The van der Waals surface area contributed by atoms with Gasteiger partial charge in [0.1, 0.15) is 11.6 Å². The van der Waals surface area contributed by atoms with E-state index >= 15 is 0 Å². The van der Waals surface area contributed by atoms with Gasteiger partial charge in [-0.15, -0.1) is 0 Å². The van der Waals surface area contributed by atoms with Gasteiger partial charge in [0.05, 0.1) is 0 Å². The van der Waals surface area contributed by atoms with Gasteiger partial charge in [-0.25, -0.2) is 8.78 Å². The molecule has 1 saturated carbocycles. The van der Waals surface area contributed by atoms with Crippen LogP contribution in [0.2, 0.25) is 0 Å². The van der Waals surface area contributed by atoms with Gasteiger partial charge in [0.25, 0.3) is 0 Å². The van der Waals surface area contributed by atoms with Gasteiger partial charge in [0, 0.05) is 11.1 Å². The molecule has 2 N–H and O–H groups in total. The Morgan fingerprint density at radius 1 is 1.29 bits per heavy atom. The molecule has 0 amide bonds. The fraction of sp³-hybridized carbons (Fsp3) is 0.571. The first-order valence-electron chi connectivity index (χ1n) is 6.21. The molecule has 94 valence electrons. The van der Waals surface area contributed by atoms with Crippen LogP contribution >= 0.6 is 0 Å². The van der Waals surface area contributed by atoms with Gasteiger partial charge >= 0.3 is 0 Å². The van der Waals surface area contributed by atoms with E-state index in [0.717, 1.165) is 19.3 Å². The Labute approximate surface area is 101 Å². The molecule has 0 saturated heterocycles. The zero-order chi connectivity index (χ0) is 12.6. The minimum Gasteiger partial charge on any atom is -0.321 e. The number of halogens is 2.